The van der Waals surface area contributed by atoms with Crippen molar-refractivity contribution < 1.29 is 9.59 Å². The lowest BCUT2D eigenvalue weighted by Crippen LogP contribution is -2.45. The van der Waals surface area contributed by atoms with Crippen molar-refractivity contribution in [3.8, 4) is 0 Å². The lowest BCUT2D eigenvalue weighted by Gasteiger charge is -2.29. The first kappa shape index (κ1) is 22.3. The maximum atomic E-state index is 13.4. The molecule has 2 amide bonds. The number of hydrogen-bond acceptors (Lipinski definition) is 4. The number of fused-ring (bicyclic) bond motifs is 2. The highest BCUT2D eigenvalue weighted by Gasteiger charge is 2.39. The first-order valence-electron chi connectivity index (χ1n) is 11.9. The standard InChI is InChI=1S/C28H30N4O2/c1-19-12-20(2)14-23(13-19)27(33)30-16-24-9-10-25-18-32(28(34)21-7-5-11-29-15-21)26-8-4-3-6-22(26)17-31(24)25/h3-8,11-15,24-25H,9-10,16-18H2,1-2H3,(H,30,33)/t24-,25-/m1/s1. The third-order valence-corrected chi connectivity index (χ3v) is 6.94. The fourth-order valence-electron chi connectivity index (χ4n) is 5.36. The van der Waals surface area contributed by atoms with Gasteiger partial charge in [0.25, 0.3) is 11.8 Å². The predicted octanol–water partition coefficient (Wildman–Crippen LogP) is 4.12. The van der Waals surface area contributed by atoms with Crippen molar-refractivity contribution in [1.29, 1.82) is 0 Å². The molecule has 2 atom stereocenters. The Morgan fingerprint density at radius 2 is 1.79 bits per heavy atom. The number of amides is 2. The summed E-state index contributed by atoms with van der Waals surface area (Å²) in [5, 5.41) is 3.16. The number of nitrogens with one attached hydrogen (secondary N) is 1. The van der Waals surface area contributed by atoms with Crippen molar-refractivity contribution in [1.82, 2.24) is 15.2 Å². The minimum absolute atomic E-state index is 0.0195. The number of nitrogens with zero attached hydrogens (tertiary/aromatic N) is 3. The van der Waals surface area contributed by atoms with E-state index in [-0.39, 0.29) is 23.9 Å². The van der Waals surface area contributed by atoms with Gasteiger partial charge in [0.05, 0.1) is 5.56 Å². The number of para-hydroxylation sites is 1. The van der Waals surface area contributed by atoms with E-state index >= 15 is 0 Å². The summed E-state index contributed by atoms with van der Waals surface area (Å²) in [5.41, 5.74) is 5.59. The van der Waals surface area contributed by atoms with Gasteiger partial charge in [-0.3, -0.25) is 19.5 Å². The van der Waals surface area contributed by atoms with Crippen LogP contribution in [-0.4, -0.2) is 46.9 Å². The fraction of sp³-hybridized carbons (Fsp3) is 0.321. The summed E-state index contributed by atoms with van der Waals surface area (Å²) in [5.74, 6) is -0.0483. The zero-order valence-electron chi connectivity index (χ0n) is 19.7. The molecular weight excluding hydrogens is 424 g/mol. The normalized spacial score (nSPS) is 19.8. The van der Waals surface area contributed by atoms with Gasteiger partial charge in [-0.05, 0) is 62.6 Å². The molecule has 0 saturated carbocycles. The van der Waals surface area contributed by atoms with E-state index in [0.29, 0.717) is 24.2 Å². The Morgan fingerprint density at radius 3 is 2.56 bits per heavy atom. The van der Waals surface area contributed by atoms with Crippen LogP contribution in [0.25, 0.3) is 0 Å². The van der Waals surface area contributed by atoms with Gasteiger partial charge in [-0.25, -0.2) is 0 Å². The highest BCUT2D eigenvalue weighted by Crippen LogP contribution is 2.35. The van der Waals surface area contributed by atoms with E-state index in [2.05, 4.69) is 27.3 Å². The Morgan fingerprint density at radius 1 is 1.00 bits per heavy atom. The molecular formula is C28H30N4O2. The number of carbonyl (C=O) groups excluding carboxylic acids is 2. The van der Waals surface area contributed by atoms with Crippen LogP contribution < -0.4 is 10.2 Å². The monoisotopic (exact) mass is 454 g/mol. The molecule has 2 aliphatic rings. The number of benzene rings is 2. The molecule has 1 fully saturated rings. The van der Waals surface area contributed by atoms with Gasteiger partial charge in [-0.2, -0.15) is 0 Å². The van der Waals surface area contributed by atoms with Crippen molar-refractivity contribution in [2.45, 2.75) is 45.3 Å². The summed E-state index contributed by atoms with van der Waals surface area (Å²) < 4.78 is 0. The molecule has 1 N–H and O–H groups in total. The van der Waals surface area contributed by atoms with Gasteiger partial charge in [-0.1, -0.05) is 35.4 Å². The SMILES string of the molecule is Cc1cc(C)cc(C(=O)NC[C@H]2CC[C@@H]3CN(C(=O)c4cccnc4)c4ccccc4CN23)c1. The highest BCUT2D eigenvalue weighted by atomic mass is 16.2. The van der Waals surface area contributed by atoms with Gasteiger partial charge in [0.2, 0.25) is 0 Å². The van der Waals surface area contributed by atoms with Crippen LogP contribution in [0.5, 0.6) is 0 Å². The van der Waals surface area contributed by atoms with Crippen LogP contribution in [0.15, 0.2) is 67.0 Å². The van der Waals surface area contributed by atoms with E-state index in [1.54, 1.807) is 18.5 Å². The van der Waals surface area contributed by atoms with E-state index in [1.165, 1.54) is 0 Å². The van der Waals surface area contributed by atoms with Crippen molar-refractivity contribution in [3.63, 3.8) is 0 Å². The van der Waals surface area contributed by atoms with Crippen molar-refractivity contribution in [2.24, 2.45) is 0 Å². The molecule has 0 spiro atoms. The highest BCUT2D eigenvalue weighted by molar-refractivity contribution is 6.06. The Kier molecular flexibility index (Phi) is 6.16. The topological polar surface area (TPSA) is 65.5 Å². The molecule has 2 aromatic carbocycles. The van der Waals surface area contributed by atoms with Gasteiger partial charge in [0.1, 0.15) is 0 Å². The lowest BCUT2D eigenvalue weighted by atomic mass is 10.1. The van der Waals surface area contributed by atoms with Crippen LogP contribution in [0.2, 0.25) is 0 Å². The van der Waals surface area contributed by atoms with Gasteiger partial charge < -0.3 is 10.2 Å². The number of pyridine rings is 1. The van der Waals surface area contributed by atoms with Crippen molar-refractivity contribution in [2.75, 3.05) is 18.0 Å². The number of hydrogen-bond donors (Lipinski definition) is 1. The van der Waals surface area contributed by atoms with E-state index < -0.39 is 0 Å². The van der Waals surface area contributed by atoms with E-state index in [0.717, 1.165) is 41.8 Å². The molecule has 2 aliphatic heterocycles. The van der Waals surface area contributed by atoms with Crippen molar-refractivity contribution >= 4 is 17.5 Å². The third kappa shape index (κ3) is 4.46. The molecule has 5 rings (SSSR count). The maximum Gasteiger partial charge on any atom is 0.259 e. The number of rotatable bonds is 4. The molecule has 0 bridgehead atoms. The third-order valence-electron chi connectivity index (χ3n) is 6.94. The summed E-state index contributed by atoms with van der Waals surface area (Å²) in [4.78, 5) is 34.8. The van der Waals surface area contributed by atoms with E-state index in [1.807, 2.05) is 55.1 Å². The minimum Gasteiger partial charge on any atom is -0.350 e. The molecule has 0 unspecified atom stereocenters. The largest absolute Gasteiger partial charge is 0.350 e. The Hall–Kier alpha value is -3.51. The first-order valence-corrected chi connectivity index (χ1v) is 11.9. The average Bonchev–Trinajstić information content (AvgIpc) is 3.13. The number of aromatic nitrogens is 1. The lowest BCUT2D eigenvalue weighted by molar-refractivity contribution is 0.0933. The summed E-state index contributed by atoms with van der Waals surface area (Å²) in [6.07, 6.45) is 5.31. The second-order valence-electron chi connectivity index (χ2n) is 9.43. The molecule has 174 valence electrons. The molecule has 0 radical (unpaired) electrons. The zero-order valence-corrected chi connectivity index (χ0v) is 19.7. The van der Waals surface area contributed by atoms with Crippen LogP contribution in [0.4, 0.5) is 5.69 Å². The Bertz CT molecular complexity index is 1190. The molecule has 6 heteroatoms. The van der Waals surface area contributed by atoms with Crippen LogP contribution >= 0.6 is 0 Å². The Labute approximate surface area is 200 Å². The fourth-order valence-corrected chi connectivity index (χ4v) is 5.36. The second kappa shape index (κ2) is 9.39. The number of carbonyl (C=O) groups is 2. The summed E-state index contributed by atoms with van der Waals surface area (Å²) in [7, 11) is 0. The minimum atomic E-state index is -0.0288. The smallest absolute Gasteiger partial charge is 0.259 e. The van der Waals surface area contributed by atoms with Gasteiger partial charge in [0, 0.05) is 55.4 Å². The van der Waals surface area contributed by atoms with E-state index in [9.17, 15) is 9.59 Å². The predicted molar refractivity (Wildman–Crippen MR) is 133 cm³/mol. The van der Waals surface area contributed by atoms with Crippen molar-refractivity contribution in [3.05, 3.63) is 94.8 Å². The number of aryl methyl sites for hydroxylation is 2. The van der Waals surface area contributed by atoms with Crippen LogP contribution in [-0.2, 0) is 6.54 Å². The summed E-state index contributed by atoms with van der Waals surface area (Å²) in [6.45, 7) is 6.02. The quantitative estimate of drug-likeness (QED) is 0.644. The van der Waals surface area contributed by atoms with Crippen LogP contribution in [0, 0.1) is 13.8 Å². The van der Waals surface area contributed by atoms with Crippen LogP contribution in [0.1, 0.15) is 50.2 Å². The second-order valence-corrected chi connectivity index (χ2v) is 9.43. The average molecular weight is 455 g/mol. The van der Waals surface area contributed by atoms with Gasteiger partial charge in [0.15, 0.2) is 0 Å². The first-order chi connectivity index (χ1) is 16.5. The van der Waals surface area contributed by atoms with Crippen LogP contribution in [0.3, 0.4) is 0 Å². The van der Waals surface area contributed by atoms with Gasteiger partial charge >= 0.3 is 0 Å². The molecule has 1 saturated heterocycles. The molecule has 6 nitrogen and oxygen atoms in total. The number of anilines is 1. The van der Waals surface area contributed by atoms with Gasteiger partial charge in [-0.15, -0.1) is 0 Å². The molecule has 0 aliphatic carbocycles. The summed E-state index contributed by atoms with van der Waals surface area (Å²) >= 11 is 0. The van der Waals surface area contributed by atoms with E-state index in [4.69, 9.17) is 0 Å². The summed E-state index contributed by atoms with van der Waals surface area (Å²) in [6, 6.07) is 18.2. The molecule has 3 heterocycles. The molecule has 1 aromatic heterocycles. The zero-order chi connectivity index (χ0) is 23.7. The maximum absolute atomic E-state index is 13.4. The molecule has 34 heavy (non-hydrogen) atoms. The Balaban J connectivity index is 1.34. The molecule has 3 aromatic rings.